The molecular formula is C12H13ClN2O. The lowest BCUT2D eigenvalue weighted by Gasteiger charge is -2.27. The first kappa shape index (κ1) is 10.1. The van der Waals surface area contributed by atoms with Gasteiger partial charge in [0.25, 0.3) is 0 Å². The third-order valence-electron chi connectivity index (χ3n) is 3.38. The van der Waals surface area contributed by atoms with Crippen molar-refractivity contribution in [3.63, 3.8) is 0 Å². The van der Waals surface area contributed by atoms with E-state index in [1.165, 1.54) is 19.3 Å². The molecule has 1 N–H and O–H groups in total. The molecule has 0 unspecified atom stereocenters. The van der Waals surface area contributed by atoms with Crippen LogP contribution < -0.4 is 0 Å². The van der Waals surface area contributed by atoms with Gasteiger partial charge in [0.05, 0.1) is 6.61 Å². The molecule has 0 aliphatic heterocycles. The number of hydrogen-bond acceptors (Lipinski definition) is 2. The fraction of sp³-hybridized carbons (Fsp3) is 0.417. The summed E-state index contributed by atoms with van der Waals surface area (Å²) in [6.45, 7) is 0.00736. The number of halogens is 1. The number of aliphatic hydroxyl groups excluding tert-OH is 1. The van der Waals surface area contributed by atoms with Crippen LogP contribution in [0.25, 0.3) is 11.0 Å². The summed E-state index contributed by atoms with van der Waals surface area (Å²) in [5.74, 6) is 0. The van der Waals surface area contributed by atoms with E-state index in [2.05, 4.69) is 15.7 Å². The van der Waals surface area contributed by atoms with Gasteiger partial charge in [-0.2, -0.15) is 0 Å². The van der Waals surface area contributed by atoms with Crippen LogP contribution in [0.2, 0.25) is 5.15 Å². The first-order chi connectivity index (χ1) is 7.79. The Morgan fingerprint density at radius 1 is 1.50 bits per heavy atom. The molecule has 0 atom stereocenters. The predicted octanol–water partition coefficient (Wildman–Crippen LogP) is 2.91. The van der Waals surface area contributed by atoms with Crippen LogP contribution in [0.3, 0.4) is 0 Å². The first-order valence-corrected chi connectivity index (χ1v) is 5.94. The molecule has 1 aliphatic rings. The minimum absolute atomic E-state index is 0.00736. The Morgan fingerprint density at radius 2 is 2.31 bits per heavy atom. The van der Waals surface area contributed by atoms with Gasteiger partial charge in [0.2, 0.25) is 0 Å². The lowest BCUT2D eigenvalue weighted by molar-refractivity contribution is 0.283. The van der Waals surface area contributed by atoms with E-state index in [-0.39, 0.29) is 6.61 Å². The molecule has 1 aliphatic carbocycles. The van der Waals surface area contributed by atoms with E-state index < -0.39 is 0 Å². The highest BCUT2D eigenvalue weighted by molar-refractivity contribution is 6.29. The molecule has 0 bridgehead atoms. The minimum atomic E-state index is 0.00736. The van der Waals surface area contributed by atoms with Crippen molar-refractivity contribution in [1.82, 2.24) is 9.55 Å². The molecule has 4 heteroatoms. The Hall–Kier alpha value is -1.06. The molecule has 2 aromatic heterocycles. The Kier molecular flexibility index (Phi) is 2.37. The van der Waals surface area contributed by atoms with Crippen molar-refractivity contribution in [1.29, 1.82) is 0 Å². The highest BCUT2D eigenvalue weighted by Crippen LogP contribution is 2.35. The van der Waals surface area contributed by atoms with Gasteiger partial charge in [-0.25, -0.2) is 4.98 Å². The lowest BCUT2D eigenvalue weighted by atomic mass is 9.93. The number of hydrogen-bond donors (Lipinski definition) is 1. The zero-order valence-corrected chi connectivity index (χ0v) is 9.61. The number of rotatable bonds is 2. The average Bonchev–Trinajstić information content (AvgIpc) is 2.58. The molecule has 16 heavy (non-hydrogen) atoms. The maximum absolute atomic E-state index is 9.28. The lowest BCUT2D eigenvalue weighted by Crippen LogP contribution is -2.16. The number of pyridine rings is 1. The quantitative estimate of drug-likeness (QED) is 0.815. The Balaban J connectivity index is 2.20. The molecule has 3 rings (SSSR count). The number of aliphatic hydroxyl groups is 1. The van der Waals surface area contributed by atoms with Crippen LogP contribution in [-0.4, -0.2) is 14.7 Å². The summed E-state index contributed by atoms with van der Waals surface area (Å²) < 4.78 is 2.18. The van der Waals surface area contributed by atoms with Crippen LogP contribution in [0.15, 0.2) is 18.3 Å². The van der Waals surface area contributed by atoms with E-state index >= 15 is 0 Å². The Labute approximate surface area is 98.7 Å². The molecule has 1 saturated carbocycles. The van der Waals surface area contributed by atoms with Gasteiger partial charge in [0.1, 0.15) is 10.8 Å². The highest BCUT2D eigenvalue weighted by Gasteiger charge is 2.21. The number of nitrogens with zero attached hydrogens (tertiary/aromatic N) is 2. The van der Waals surface area contributed by atoms with Crippen LogP contribution in [0.5, 0.6) is 0 Å². The second kappa shape index (κ2) is 3.75. The summed E-state index contributed by atoms with van der Waals surface area (Å²) in [6.07, 6.45) is 5.77. The fourth-order valence-corrected chi connectivity index (χ4v) is 2.46. The highest BCUT2D eigenvalue weighted by atomic mass is 35.5. The van der Waals surface area contributed by atoms with Crippen molar-refractivity contribution in [3.8, 4) is 0 Å². The summed E-state index contributed by atoms with van der Waals surface area (Å²) in [7, 11) is 0. The van der Waals surface area contributed by atoms with Gasteiger partial charge in [0.15, 0.2) is 0 Å². The van der Waals surface area contributed by atoms with Crippen molar-refractivity contribution >= 4 is 22.6 Å². The first-order valence-electron chi connectivity index (χ1n) is 5.56. The van der Waals surface area contributed by atoms with E-state index in [0.29, 0.717) is 11.2 Å². The van der Waals surface area contributed by atoms with Crippen molar-refractivity contribution in [2.24, 2.45) is 0 Å². The number of fused-ring (bicyclic) bond motifs is 1. The van der Waals surface area contributed by atoms with Crippen LogP contribution in [0.4, 0.5) is 0 Å². The normalized spacial score (nSPS) is 16.6. The van der Waals surface area contributed by atoms with E-state index in [9.17, 15) is 5.11 Å². The van der Waals surface area contributed by atoms with Crippen molar-refractivity contribution in [3.05, 3.63) is 29.0 Å². The van der Waals surface area contributed by atoms with Gasteiger partial charge in [-0.15, -0.1) is 0 Å². The molecule has 2 aromatic rings. The van der Waals surface area contributed by atoms with Crippen LogP contribution in [-0.2, 0) is 6.61 Å². The predicted molar refractivity (Wildman–Crippen MR) is 63.6 cm³/mol. The smallest absolute Gasteiger partial charge is 0.142 e. The Bertz CT molecular complexity index is 531. The van der Waals surface area contributed by atoms with Crippen LogP contribution in [0, 0.1) is 0 Å². The second-order valence-electron chi connectivity index (χ2n) is 4.31. The third-order valence-corrected chi connectivity index (χ3v) is 3.57. The van der Waals surface area contributed by atoms with E-state index in [4.69, 9.17) is 11.6 Å². The third kappa shape index (κ3) is 1.43. The second-order valence-corrected chi connectivity index (χ2v) is 4.69. The van der Waals surface area contributed by atoms with Gasteiger partial charge in [-0.05, 0) is 37.0 Å². The fourth-order valence-electron chi connectivity index (χ4n) is 2.25. The zero-order valence-electron chi connectivity index (χ0n) is 8.86. The minimum Gasteiger partial charge on any atom is -0.392 e. The molecule has 0 spiro atoms. The molecule has 1 fully saturated rings. The SMILES string of the molecule is OCc1cc(Cl)nc2c1ccn2C1CCC1. The Morgan fingerprint density at radius 3 is 2.94 bits per heavy atom. The largest absolute Gasteiger partial charge is 0.392 e. The van der Waals surface area contributed by atoms with Crippen LogP contribution >= 0.6 is 11.6 Å². The van der Waals surface area contributed by atoms with Gasteiger partial charge in [-0.1, -0.05) is 11.6 Å². The number of aromatic nitrogens is 2. The summed E-state index contributed by atoms with van der Waals surface area (Å²) in [5, 5.41) is 10.8. The van der Waals surface area contributed by atoms with E-state index in [0.717, 1.165) is 16.6 Å². The van der Waals surface area contributed by atoms with E-state index in [1.54, 1.807) is 6.07 Å². The standard InChI is InChI=1S/C12H13ClN2O/c13-11-6-8(7-16)10-4-5-15(12(10)14-11)9-2-1-3-9/h4-6,9,16H,1-3,7H2. The van der Waals surface area contributed by atoms with Gasteiger partial charge in [-0.3, -0.25) is 0 Å². The van der Waals surface area contributed by atoms with Crippen molar-refractivity contribution in [2.45, 2.75) is 31.9 Å². The van der Waals surface area contributed by atoms with Gasteiger partial charge in [0, 0.05) is 17.6 Å². The van der Waals surface area contributed by atoms with Crippen molar-refractivity contribution < 1.29 is 5.11 Å². The summed E-state index contributed by atoms with van der Waals surface area (Å²) >= 11 is 5.96. The summed E-state index contributed by atoms with van der Waals surface area (Å²) in [4.78, 5) is 4.36. The molecule has 2 heterocycles. The molecule has 0 aromatic carbocycles. The molecule has 3 nitrogen and oxygen atoms in total. The van der Waals surface area contributed by atoms with Gasteiger partial charge >= 0.3 is 0 Å². The molecule has 0 radical (unpaired) electrons. The van der Waals surface area contributed by atoms with Crippen molar-refractivity contribution in [2.75, 3.05) is 0 Å². The molecular weight excluding hydrogens is 224 g/mol. The van der Waals surface area contributed by atoms with Crippen LogP contribution in [0.1, 0.15) is 30.9 Å². The topological polar surface area (TPSA) is 38.1 Å². The maximum atomic E-state index is 9.28. The maximum Gasteiger partial charge on any atom is 0.142 e. The monoisotopic (exact) mass is 236 g/mol. The molecule has 84 valence electrons. The summed E-state index contributed by atoms with van der Waals surface area (Å²) in [6, 6.07) is 4.31. The molecule has 0 amide bonds. The summed E-state index contributed by atoms with van der Waals surface area (Å²) in [5.41, 5.74) is 1.76. The zero-order chi connectivity index (χ0) is 11.1. The van der Waals surface area contributed by atoms with E-state index in [1.807, 2.05) is 6.07 Å². The van der Waals surface area contributed by atoms with Gasteiger partial charge < -0.3 is 9.67 Å². The average molecular weight is 237 g/mol. The molecule has 0 saturated heterocycles.